The van der Waals surface area contributed by atoms with Gasteiger partial charge in [-0.2, -0.15) is 0 Å². The minimum Gasteiger partial charge on any atom is -0.380 e. The van der Waals surface area contributed by atoms with Crippen molar-refractivity contribution in [1.29, 1.82) is 0 Å². The second-order valence-electron chi connectivity index (χ2n) is 6.69. The van der Waals surface area contributed by atoms with Crippen LogP contribution in [0.3, 0.4) is 0 Å². The molecule has 0 spiro atoms. The number of fused-ring (bicyclic) bond motifs is 1. The summed E-state index contributed by atoms with van der Waals surface area (Å²) in [6.45, 7) is 5.96. The van der Waals surface area contributed by atoms with Gasteiger partial charge in [-0.1, -0.05) is 13.0 Å². The summed E-state index contributed by atoms with van der Waals surface area (Å²) in [6.07, 6.45) is 0. The maximum atomic E-state index is 13.9. The van der Waals surface area contributed by atoms with E-state index in [2.05, 4.69) is 11.8 Å². The minimum absolute atomic E-state index is 0.137. The second-order valence-corrected chi connectivity index (χ2v) is 6.69. The van der Waals surface area contributed by atoms with Gasteiger partial charge in [0.2, 0.25) is 0 Å². The lowest BCUT2D eigenvalue weighted by molar-refractivity contribution is 0.0681. The number of nitrogens with zero attached hydrogens (tertiary/aromatic N) is 2. The van der Waals surface area contributed by atoms with Crippen molar-refractivity contribution in [2.24, 2.45) is 11.3 Å². The zero-order valence-electron chi connectivity index (χ0n) is 13.5. The Bertz CT molecular complexity index is 590. The van der Waals surface area contributed by atoms with Crippen molar-refractivity contribution in [2.75, 3.05) is 46.4 Å². The SMILES string of the molecule is CCN(C)C[C@]12COC[C@H]1CN(C(=O)c1c(F)cccc1F)C2. The molecule has 2 heterocycles. The van der Waals surface area contributed by atoms with Crippen molar-refractivity contribution in [3.63, 3.8) is 0 Å². The lowest BCUT2D eigenvalue weighted by Crippen LogP contribution is -2.42. The number of amides is 1. The summed E-state index contributed by atoms with van der Waals surface area (Å²) in [5.74, 6) is -1.95. The van der Waals surface area contributed by atoms with E-state index in [-0.39, 0.29) is 11.3 Å². The van der Waals surface area contributed by atoms with Crippen LogP contribution < -0.4 is 0 Å². The van der Waals surface area contributed by atoms with Crippen LogP contribution >= 0.6 is 0 Å². The van der Waals surface area contributed by atoms with E-state index in [1.165, 1.54) is 6.07 Å². The standard InChI is InChI=1S/C17H22F2N2O2/c1-3-20(2)9-17-10-21(7-12(17)8-23-11-17)16(22)15-13(18)5-4-6-14(15)19/h4-6,12H,3,7-11H2,1-2H3/t12-,17+/m1/s1. The van der Waals surface area contributed by atoms with Crippen LogP contribution in [-0.2, 0) is 4.74 Å². The number of halogens is 2. The van der Waals surface area contributed by atoms with Gasteiger partial charge in [0.05, 0.1) is 13.2 Å². The first kappa shape index (κ1) is 16.3. The van der Waals surface area contributed by atoms with Crippen LogP contribution in [0, 0.1) is 23.0 Å². The van der Waals surface area contributed by atoms with Gasteiger partial charge in [0.1, 0.15) is 17.2 Å². The van der Waals surface area contributed by atoms with Crippen molar-refractivity contribution < 1.29 is 18.3 Å². The van der Waals surface area contributed by atoms with Gasteiger partial charge >= 0.3 is 0 Å². The van der Waals surface area contributed by atoms with Gasteiger partial charge in [-0.25, -0.2) is 8.78 Å². The highest BCUT2D eigenvalue weighted by Crippen LogP contribution is 2.42. The zero-order chi connectivity index (χ0) is 16.6. The van der Waals surface area contributed by atoms with E-state index in [4.69, 9.17) is 4.74 Å². The first-order valence-corrected chi connectivity index (χ1v) is 7.96. The van der Waals surface area contributed by atoms with Gasteiger partial charge in [-0.05, 0) is 25.7 Å². The number of benzene rings is 1. The van der Waals surface area contributed by atoms with E-state index >= 15 is 0 Å². The molecule has 2 aliphatic heterocycles. The Morgan fingerprint density at radius 3 is 2.78 bits per heavy atom. The third kappa shape index (κ3) is 2.85. The van der Waals surface area contributed by atoms with Crippen LogP contribution in [0.25, 0.3) is 0 Å². The Morgan fingerprint density at radius 2 is 2.13 bits per heavy atom. The number of ether oxygens (including phenoxy) is 1. The van der Waals surface area contributed by atoms with E-state index < -0.39 is 23.1 Å². The maximum Gasteiger partial charge on any atom is 0.259 e. The summed E-state index contributed by atoms with van der Waals surface area (Å²) >= 11 is 0. The molecule has 126 valence electrons. The minimum atomic E-state index is -0.803. The monoisotopic (exact) mass is 324 g/mol. The molecule has 0 bridgehead atoms. The molecule has 2 fully saturated rings. The van der Waals surface area contributed by atoms with Crippen LogP contribution in [0.2, 0.25) is 0 Å². The lowest BCUT2D eigenvalue weighted by atomic mass is 9.80. The molecule has 0 aliphatic carbocycles. The van der Waals surface area contributed by atoms with E-state index in [0.29, 0.717) is 26.3 Å². The number of rotatable bonds is 4. The largest absolute Gasteiger partial charge is 0.380 e. The topological polar surface area (TPSA) is 32.8 Å². The van der Waals surface area contributed by atoms with E-state index in [1.54, 1.807) is 4.90 Å². The van der Waals surface area contributed by atoms with E-state index in [0.717, 1.165) is 25.2 Å². The fraction of sp³-hybridized carbons (Fsp3) is 0.588. The Hall–Kier alpha value is -1.53. The molecule has 0 unspecified atom stereocenters. The van der Waals surface area contributed by atoms with E-state index in [1.807, 2.05) is 7.05 Å². The zero-order valence-corrected chi connectivity index (χ0v) is 13.5. The molecule has 1 amide bonds. The molecule has 0 radical (unpaired) electrons. The molecule has 2 aliphatic rings. The van der Waals surface area contributed by atoms with Crippen molar-refractivity contribution in [3.05, 3.63) is 35.4 Å². The summed E-state index contributed by atoms with van der Waals surface area (Å²) in [5, 5.41) is 0. The molecule has 1 aromatic rings. The van der Waals surface area contributed by atoms with Crippen LogP contribution in [0.5, 0.6) is 0 Å². The van der Waals surface area contributed by atoms with Gasteiger partial charge in [-0.3, -0.25) is 4.79 Å². The molecule has 4 nitrogen and oxygen atoms in total. The number of carbonyl (C=O) groups is 1. The number of hydrogen-bond acceptors (Lipinski definition) is 3. The fourth-order valence-electron chi connectivity index (χ4n) is 3.72. The van der Waals surface area contributed by atoms with Crippen molar-refractivity contribution in [3.8, 4) is 0 Å². The van der Waals surface area contributed by atoms with Gasteiger partial charge in [0, 0.05) is 31.0 Å². The molecule has 2 atom stereocenters. The Morgan fingerprint density at radius 1 is 1.43 bits per heavy atom. The van der Waals surface area contributed by atoms with Gasteiger partial charge in [-0.15, -0.1) is 0 Å². The quantitative estimate of drug-likeness (QED) is 0.849. The summed E-state index contributed by atoms with van der Waals surface area (Å²) in [7, 11) is 2.03. The summed E-state index contributed by atoms with van der Waals surface area (Å²) in [6, 6.07) is 3.51. The average molecular weight is 324 g/mol. The lowest BCUT2D eigenvalue weighted by Gasteiger charge is -2.31. The third-order valence-corrected chi connectivity index (χ3v) is 5.11. The first-order chi connectivity index (χ1) is 11.0. The van der Waals surface area contributed by atoms with Crippen LogP contribution in [0.1, 0.15) is 17.3 Å². The highest BCUT2D eigenvalue weighted by Gasteiger charge is 2.52. The predicted molar refractivity (Wildman–Crippen MR) is 82.2 cm³/mol. The van der Waals surface area contributed by atoms with Gasteiger partial charge in [0.15, 0.2) is 0 Å². The molecule has 0 saturated carbocycles. The second kappa shape index (κ2) is 6.17. The summed E-state index contributed by atoms with van der Waals surface area (Å²) in [4.78, 5) is 16.4. The normalized spacial score (nSPS) is 26.8. The molecule has 23 heavy (non-hydrogen) atoms. The molecule has 0 N–H and O–H groups in total. The Kier molecular flexibility index (Phi) is 4.38. The number of carbonyl (C=O) groups excluding carboxylic acids is 1. The highest BCUT2D eigenvalue weighted by molar-refractivity contribution is 5.95. The number of likely N-dealkylation sites (tertiary alicyclic amines) is 1. The highest BCUT2D eigenvalue weighted by atomic mass is 19.1. The van der Waals surface area contributed by atoms with Crippen molar-refractivity contribution in [2.45, 2.75) is 6.92 Å². The Labute approximate surface area is 135 Å². The predicted octanol–water partition coefficient (Wildman–Crippen LogP) is 2.01. The molecule has 6 heteroatoms. The summed E-state index contributed by atoms with van der Waals surface area (Å²) in [5.41, 5.74) is -0.588. The van der Waals surface area contributed by atoms with E-state index in [9.17, 15) is 13.6 Å². The first-order valence-electron chi connectivity index (χ1n) is 7.96. The molecule has 2 saturated heterocycles. The van der Waals surface area contributed by atoms with Crippen LogP contribution in [0.4, 0.5) is 8.78 Å². The van der Waals surface area contributed by atoms with Crippen LogP contribution in [-0.4, -0.2) is 62.1 Å². The van der Waals surface area contributed by atoms with Gasteiger partial charge < -0.3 is 14.5 Å². The Balaban J connectivity index is 1.82. The smallest absolute Gasteiger partial charge is 0.259 e. The molecule has 3 rings (SSSR count). The molecule has 1 aromatic carbocycles. The number of hydrogen-bond donors (Lipinski definition) is 0. The van der Waals surface area contributed by atoms with Gasteiger partial charge in [0.25, 0.3) is 5.91 Å². The summed E-state index contributed by atoms with van der Waals surface area (Å²) < 4.78 is 33.4. The third-order valence-electron chi connectivity index (χ3n) is 5.11. The molecular formula is C17H22F2N2O2. The average Bonchev–Trinajstić information content (AvgIpc) is 3.03. The molecule has 0 aromatic heterocycles. The molecular weight excluding hydrogens is 302 g/mol. The maximum absolute atomic E-state index is 13.9. The van der Waals surface area contributed by atoms with Crippen molar-refractivity contribution in [1.82, 2.24) is 9.80 Å². The van der Waals surface area contributed by atoms with Crippen LogP contribution in [0.15, 0.2) is 18.2 Å². The van der Waals surface area contributed by atoms with Crippen molar-refractivity contribution >= 4 is 5.91 Å². The fourth-order valence-corrected chi connectivity index (χ4v) is 3.72.